The molecule has 0 amide bonds. The molecule has 3 aromatic rings. The molecule has 1 N–H and O–H groups in total. The lowest BCUT2D eigenvalue weighted by Gasteiger charge is -2.34. The lowest BCUT2D eigenvalue weighted by Crippen LogP contribution is -2.47. The molecule has 1 saturated heterocycles. The van der Waals surface area contributed by atoms with Gasteiger partial charge in [0.05, 0.1) is 6.10 Å². The molecule has 1 aliphatic heterocycles. The third kappa shape index (κ3) is 4.90. The predicted octanol–water partition coefficient (Wildman–Crippen LogP) is 3.12. The Bertz CT molecular complexity index is 910. The lowest BCUT2D eigenvalue weighted by molar-refractivity contribution is 0.242. The normalized spacial score (nSPS) is 14.2. The molecule has 1 aliphatic rings. The number of hydrogen-bond acceptors (Lipinski definition) is 8. The molecule has 2 aromatic heterocycles. The van der Waals surface area contributed by atoms with Gasteiger partial charge in [-0.1, -0.05) is 0 Å². The minimum Gasteiger partial charge on any atom is -0.491 e. The van der Waals surface area contributed by atoms with Gasteiger partial charge in [0, 0.05) is 50.5 Å². The first-order valence-electron chi connectivity index (χ1n) is 9.81. The van der Waals surface area contributed by atoms with Crippen molar-refractivity contribution in [3.63, 3.8) is 0 Å². The van der Waals surface area contributed by atoms with Gasteiger partial charge in [-0.15, -0.1) is 0 Å². The summed E-state index contributed by atoms with van der Waals surface area (Å²) in [6.45, 7) is 7.35. The number of aromatic nitrogens is 4. The summed E-state index contributed by atoms with van der Waals surface area (Å²) >= 11 is 0. The van der Waals surface area contributed by atoms with E-state index in [0.717, 1.165) is 55.3 Å². The van der Waals surface area contributed by atoms with Gasteiger partial charge < -0.3 is 19.9 Å². The van der Waals surface area contributed by atoms with E-state index >= 15 is 0 Å². The fourth-order valence-corrected chi connectivity index (χ4v) is 3.17. The van der Waals surface area contributed by atoms with E-state index in [2.05, 4.69) is 35.1 Å². The van der Waals surface area contributed by atoms with Crippen molar-refractivity contribution in [3.05, 3.63) is 55.0 Å². The van der Waals surface area contributed by atoms with Gasteiger partial charge in [0.1, 0.15) is 11.6 Å². The fourth-order valence-electron chi connectivity index (χ4n) is 3.17. The molecule has 0 aliphatic carbocycles. The van der Waals surface area contributed by atoms with E-state index in [1.807, 2.05) is 50.2 Å². The standard InChI is InChI=1S/C21H25N7O/c1-16(2)29-18-6-4-17(5-7-18)25-19-8-11-24-21(26-19)28-14-12-27(13-15-28)20-22-9-3-10-23-20/h3-11,16H,12-15H2,1-2H3,(H,24,25,26). The molecule has 4 rings (SSSR count). The molecule has 1 aromatic carbocycles. The van der Waals surface area contributed by atoms with Gasteiger partial charge in [0.15, 0.2) is 0 Å². The molecule has 0 unspecified atom stereocenters. The molecule has 29 heavy (non-hydrogen) atoms. The van der Waals surface area contributed by atoms with Crippen LogP contribution >= 0.6 is 0 Å². The van der Waals surface area contributed by atoms with E-state index in [9.17, 15) is 0 Å². The van der Waals surface area contributed by atoms with Crippen LogP contribution in [0.25, 0.3) is 0 Å². The average Bonchev–Trinajstić information content (AvgIpc) is 2.76. The van der Waals surface area contributed by atoms with Crippen molar-refractivity contribution < 1.29 is 4.74 Å². The Morgan fingerprint density at radius 2 is 1.45 bits per heavy atom. The molecule has 0 atom stereocenters. The highest BCUT2D eigenvalue weighted by atomic mass is 16.5. The van der Waals surface area contributed by atoms with Crippen LogP contribution in [0.2, 0.25) is 0 Å². The van der Waals surface area contributed by atoms with Crippen LogP contribution in [0.5, 0.6) is 5.75 Å². The molecule has 0 spiro atoms. The van der Waals surface area contributed by atoms with Crippen LogP contribution in [-0.4, -0.2) is 52.2 Å². The van der Waals surface area contributed by atoms with E-state index in [1.165, 1.54) is 0 Å². The Morgan fingerprint density at radius 1 is 0.828 bits per heavy atom. The van der Waals surface area contributed by atoms with Gasteiger partial charge in [-0.25, -0.2) is 15.0 Å². The maximum absolute atomic E-state index is 5.69. The summed E-state index contributed by atoms with van der Waals surface area (Å²) in [5.41, 5.74) is 0.955. The summed E-state index contributed by atoms with van der Waals surface area (Å²) in [5, 5.41) is 3.33. The number of ether oxygens (including phenoxy) is 1. The van der Waals surface area contributed by atoms with Crippen LogP contribution in [0.15, 0.2) is 55.0 Å². The van der Waals surface area contributed by atoms with E-state index in [4.69, 9.17) is 4.74 Å². The van der Waals surface area contributed by atoms with Crippen LogP contribution in [-0.2, 0) is 0 Å². The van der Waals surface area contributed by atoms with Crippen molar-refractivity contribution in [2.45, 2.75) is 20.0 Å². The van der Waals surface area contributed by atoms with Crippen molar-refractivity contribution in [2.24, 2.45) is 0 Å². The van der Waals surface area contributed by atoms with E-state index in [1.54, 1.807) is 18.6 Å². The Labute approximate surface area is 170 Å². The zero-order valence-electron chi connectivity index (χ0n) is 16.7. The fraction of sp³-hybridized carbons (Fsp3) is 0.333. The van der Waals surface area contributed by atoms with Crippen LogP contribution in [0.1, 0.15) is 13.8 Å². The molecule has 150 valence electrons. The van der Waals surface area contributed by atoms with Crippen LogP contribution in [0.4, 0.5) is 23.4 Å². The minimum atomic E-state index is 0.159. The van der Waals surface area contributed by atoms with Crippen molar-refractivity contribution >= 4 is 23.4 Å². The maximum Gasteiger partial charge on any atom is 0.227 e. The van der Waals surface area contributed by atoms with E-state index in [-0.39, 0.29) is 6.10 Å². The van der Waals surface area contributed by atoms with Gasteiger partial charge in [-0.3, -0.25) is 0 Å². The highest BCUT2D eigenvalue weighted by Crippen LogP contribution is 2.21. The monoisotopic (exact) mass is 391 g/mol. The number of benzene rings is 1. The van der Waals surface area contributed by atoms with Crippen molar-refractivity contribution in [2.75, 3.05) is 41.3 Å². The largest absolute Gasteiger partial charge is 0.491 e. The zero-order chi connectivity index (χ0) is 20.1. The van der Waals surface area contributed by atoms with Gasteiger partial charge >= 0.3 is 0 Å². The maximum atomic E-state index is 5.69. The smallest absolute Gasteiger partial charge is 0.227 e. The molecule has 0 bridgehead atoms. The molecular weight excluding hydrogens is 366 g/mol. The summed E-state index contributed by atoms with van der Waals surface area (Å²) in [5.74, 6) is 3.12. The number of nitrogens with one attached hydrogen (secondary N) is 1. The Hall–Kier alpha value is -3.42. The second-order valence-corrected chi connectivity index (χ2v) is 7.08. The highest BCUT2D eigenvalue weighted by Gasteiger charge is 2.20. The van der Waals surface area contributed by atoms with Crippen LogP contribution in [0, 0.1) is 0 Å². The molecule has 0 radical (unpaired) electrons. The second kappa shape index (κ2) is 8.72. The molecule has 8 heteroatoms. The quantitative estimate of drug-likeness (QED) is 0.687. The molecule has 1 fully saturated rings. The summed E-state index contributed by atoms with van der Waals surface area (Å²) in [6, 6.07) is 11.6. The van der Waals surface area contributed by atoms with Crippen molar-refractivity contribution in [3.8, 4) is 5.75 Å². The van der Waals surface area contributed by atoms with Crippen molar-refractivity contribution in [1.29, 1.82) is 0 Å². The lowest BCUT2D eigenvalue weighted by atomic mass is 10.3. The summed E-state index contributed by atoms with van der Waals surface area (Å²) < 4.78 is 5.69. The van der Waals surface area contributed by atoms with E-state index in [0.29, 0.717) is 0 Å². The number of nitrogens with zero attached hydrogens (tertiary/aromatic N) is 6. The van der Waals surface area contributed by atoms with Crippen LogP contribution < -0.4 is 19.9 Å². The highest BCUT2D eigenvalue weighted by molar-refractivity contribution is 5.58. The summed E-state index contributed by atoms with van der Waals surface area (Å²) in [7, 11) is 0. The average molecular weight is 391 g/mol. The zero-order valence-corrected chi connectivity index (χ0v) is 16.7. The second-order valence-electron chi connectivity index (χ2n) is 7.08. The van der Waals surface area contributed by atoms with E-state index < -0.39 is 0 Å². The van der Waals surface area contributed by atoms with Gasteiger partial charge in [-0.05, 0) is 50.2 Å². The third-order valence-electron chi connectivity index (χ3n) is 4.54. The Balaban J connectivity index is 1.38. The molecular formula is C21H25N7O. The van der Waals surface area contributed by atoms with Crippen LogP contribution in [0.3, 0.4) is 0 Å². The van der Waals surface area contributed by atoms with Gasteiger partial charge in [0.25, 0.3) is 0 Å². The first kappa shape index (κ1) is 18.9. The topological polar surface area (TPSA) is 79.3 Å². The first-order valence-corrected chi connectivity index (χ1v) is 9.81. The minimum absolute atomic E-state index is 0.159. The molecule has 3 heterocycles. The summed E-state index contributed by atoms with van der Waals surface area (Å²) in [6.07, 6.45) is 5.49. The predicted molar refractivity (Wildman–Crippen MR) is 114 cm³/mol. The number of piperazine rings is 1. The number of rotatable bonds is 6. The first-order chi connectivity index (χ1) is 14.2. The number of hydrogen-bond donors (Lipinski definition) is 1. The SMILES string of the molecule is CC(C)Oc1ccc(Nc2ccnc(N3CCN(c4ncccn4)CC3)n2)cc1. The molecule has 8 nitrogen and oxygen atoms in total. The van der Waals surface area contributed by atoms with Crippen molar-refractivity contribution in [1.82, 2.24) is 19.9 Å². The summed E-state index contributed by atoms with van der Waals surface area (Å²) in [4.78, 5) is 22.2. The third-order valence-corrected chi connectivity index (χ3v) is 4.54. The van der Waals surface area contributed by atoms with Gasteiger partial charge in [-0.2, -0.15) is 4.98 Å². The Morgan fingerprint density at radius 3 is 2.10 bits per heavy atom. The molecule has 0 saturated carbocycles. The number of anilines is 4. The Kier molecular flexibility index (Phi) is 5.69. The van der Waals surface area contributed by atoms with Gasteiger partial charge in [0.2, 0.25) is 11.9 Å².